The van der Waals surface area contributed by atoms with Gasteiger partial charge in [-0.25, -0.2) is 4.68 Å². The zero-order valence-corrected chi connectivity index (χ0v) is 9.19. The molecule has 0 aromatic carbocycles. The summed E-state index contributed by atoms with van der Waals surface area (Å²) in [6.45, 7) is 1.79. The third-order valence-corrected chi connectivity index (χ3v) is 2.68. The van der Waals surface area contributed by atoms with Gasteiger partial charge >= 0.3 is 5.97 Å². The van der Waals surface area contributed by atoms with Gasteiger partial charge in [0, 0.05) is 7.11 Å². The van der Waals surface area contributed by atoms with Gasteiger partial charge in [-0.15, -0.1) is 10.2 Å². The number of hydrogen-bond acceptors (Lipinski definition) is 6. The summed E-state index contributed by atoms with van der Waals surface area (Å²) in [5, 5.41) is 16.0. The number of hydrogen-bond donors (Lipinski definition) is 2. The van der Waals surface area contributed by atoms with Crippen LogP contribution in [0.1, 0.15) is 12.7 Å². The van der Waals surface area contributed by atoms with Gasteiger partial charge in [0.1, 0.15) is 11.9 Å². The van der Waals surface area contributed by atoms with E-state index in [2.05, 4.69) is 10.2 Å². The number of aromatic nitrogens is 3. The highest BCUT2D eigenvalue weighted by molar-refractivity contribution is 8.00. The molecule has 0 aliphatic rings. The summed E-state index contributed by atoms with van der Waals surface area (Å²) in [5.41, 5.74) is 0. The molecule has 0 saturated carbocycles. The molecule has 0 bridgehead atoms. The molecular weight excluding hydrogens is 220 g/mol. The highest BCUT2D eigenvalue weighted by Gasteiger charge is 2.18. The van der Waals surface area contributed by atoms with Crippen LogP contribution in [0.25, 0.3) is 0 Å². The largest absolute Gasteiger partial charge is 0.480 e. The molecule has 1 unspecified atom stereocenters. The first-order valence-corrected chi connectivity index (χ1v) is 5.02. The Balaban J connectivity index is 2.74. The molecule has 7 nitrogen and oxygen atoms in total. The van der Waals surface area contributed by atoms with Crippen molar-refractivity contribution in [3.8, 4) is 0 Å². The van der Waals surface area contributed by atoms with Crippen LogP contribution >= 0.6 is 11.8 Å². The molecule has 1 atom stereocenters. The van der Waals surface area contributed by atoms with E-state index in [1.165, 1.54) is 11.8 Å². The minimum Gasteiger partial charge on any atom is -0.480 e. The second kappa shape index (κ2) is 4.99. The smallest absolute Gasteiger partial charge is 0.316 e. The molecule has 0 fully saturated rings. The third-order valence-electron chi connectivity index (χ3n) is 1.64. The Kier molecular flexibility index (Phi) is 3.92. The summed E-state index contributed by atoms with van der Waals surface area (Å²) in [6.07, 6.45) is 0. The summed E-state index contributed by atoms with van der Waals surface area (Å²) in [4.78, 5) is 10.6. The molecule has 15 heavy (non-hydrogen) atoms. The van der Waals surface area contributed by atoms with Gasteiger partial charge in [-0.05, 0) is 6.92 Å². The number of thioether (sulfide) groups is 1. The average molecular weight is 232 g/mol. The van der Waals surface area contributed by atoms with Crippen LogP contribution < -0.4 is 5.84 Å². The minimum atomic E-state index is -0.920. The molecule has 1 aromatic rings. The zero-order valence-electron chi connectivity index (χ0n) is 8.38. The lowest BCUT2D eigenvalue weighted by Gasteiger charge is -2.05. The van der Waals surface area contributed by atoms with Gasteiger partial charge in [0.2, 0.25) is 5.16 Å². The fourth-order valence-electron chi connectivity index (χ4n) is 0.824. The molecule has 8 heteroatoms. The van der Waals surface area contributed by atoms with Crippen molar-refractivity contribution in [1.29, 1.82) is 0 Å². The standard InChI is InChI=1S/C7H12N4O3S/c1-4(6(12)13)15-7-10-9-5(3-14-2)11(7)8/h4H,3,8H2,1-2H3,(H,12,13). The van der Waals surface area contributed by atoms with Crippen molar-refractivity contribution >= 4 is 17.7 Å². The van der Waals surface area contributed by atoms with Crippen molar-refractivity contribution in [3.05, 3.63) is 5.82 Å². The van der Waals surface area contributed by atoms with Gasteiger partial charge in [-0.2, -0.15) is 0 Å². The molecule has 1 heterocycles. The van der Waals surface area contributed by atoms with E-state index in [1.807, 2.05) is 0 Å². The number of aliphatic carboxylic acids is 1. The predicted octanol–water partition coefficient (Wildman–Crippen LogP) is -0.296. The number of ether oxygens (including phenoxy) is 1. The summed E-state index contributed by atoms with van der Waals surface area (Å²) < 4.78 is 6.08. The van der Waals surface area contributed by atoms with E-state index < -0.39 is 11.2 Å². The number of nitrogens with two attached hydrogens (primary N) is 1. The first kappa shape index (κ1) is 11.8. The van der Waals surface area contributed by atoms with Gasteiger partial charge in [0.05, 0.1) is 0 Å². The number of rotatable bonds is 5. The van der Waals surface area contributed by atoms with E-state index in [9.17, 15) is 4.79 Å². The van der Waals surface area contributed by atoms with E-state index in [0.29, 0.717) is 11.0 Å². The highest BCUT2D eigenvalue weighted by Crippen LogP contribution is 2.20. The summed E-state index contributed by atoms with van der Waals surface area (Å²) in [5.74, 6) is 5.17. The van der Waals surface area contributed by atoms with Crippen LogP contribution in [0.2, 0.25) is 0 Å². The van der Waals surface area contributed by atoms with E-state index >= 15 is 0 Å². The zero-order chi connectivity index (χ0) is 11.4. The first-order valence-electron chi connectivity index (χ1n) is 4.14. The number of nitrogen functional groups attached to an aromatic ring is 1. The minimum absolute atomic E-state index is 0.242. The fourth-order valence-corrected chi connectivity index (χ4v) is 1.55. The summed E-state index contributed by atoms with van der Waals surface area (Å²) in [7, 11) is 1.52. The molecule has 0 aliphatic heterocycles. The van der Waals surface area contributed by atoms with Crippen molar-refractivity contribution in [2.75, 3.05) is 13.0 Å². The Bertz CT molecular complexity index is 354. The van der Waals surface area contributed by atoms with Crippen molar-refractivity contribution < 1.29 is 14.6 Å². The molecule has 3 N–H and O–H groups in total. The van der Waals surface area contributed by atoms with Crippen LogP contribution in [0.3, 0.4) is 0 Å². The maximum absolute atomic E-state index is 10.6. The van der Waals surface area contributed by atoms with Crippen LogP contribution in [0.5, 0.6) is 0 Å². The maximum Gasteiger partial charge on any atom is 0.316 e. The summed E-state index contributed by atoms with van der Waals surface area (Å²) >= 11 is 1.03. The maximum atomic E-state index is 10.6. The molecule has 0 radical (unpaired) electrons. The molecule has 84 valence electrons. The van der Waals surface area contributed by atoms with E-state index in [-0.39, 0.29) is 6.61 Å². The molecule has 0 spiro atoms. The Morgan fingerprint density at radius 2 is 2.40 bits per heavy atom. The number of carboxylic acids is 1. The molecule has 0 aliphatic carbocycles. The topological polar surface area (TPSA) is 103 Å². The molecular formula is C7H12N4O3S. The van der Waals surface area contributed by atoms with E-state index in [0.717, 1.165) is 11.8 Å². The lowest BCUT2D eigenvalue weighted by atomic mass is 10.5. The Morgan fingerprint density at radius 3 is 2.93 bits per heavy atom. The fraction of sp³-hybridized carbons (Fsp3) is 0.571. The van der Waals surface area contributed by atoms with Crippen LogP contribution in [0, 0.1) is 0 Å². The van der Waals surface area contributed by atoms with Crippen LogP contribution in [-0.2, 0) is 16.1 Å². The number of nitrogens with zero attached hydrogens (tertiary/aromatic N) is 3. The van der Waals surface area contributed by atoms with Gasteiger partial charge in [-0.3, -0.25) is 4.79 Å². The van der Waals surface area contributed by atoms with Gasteiger partial charge in [-0.1, -0.05) is 11.8 Å². The lowest BCUT2D eigenvalue weighted by molar-refractivity contribution is -0.136. The van der Waals surface area contributed by atoms with E-state index in [4.69, 9.17) is 15.7 Å². The second-order valence-corrected chi connectivity index (χ2v) is 4.11. The van der Waals surface area contributed by atoms with Gasteiger partial charge < -0.3 is 15.7 Å². The van der Waals surface area contributed by atoms with Crippen molar-refractivity contribution in [1.82, 2.24) is 14.9 Å². The average Bonchev–Trinajstić information content (AvgIpc) is 2.50. The second-order valence-electron chi connectivity index (χ2n) is 2.80. The number of carbonyl (C=O) groups is 1. The number of carboxylic acid groups (broad SMARTS) is 1. The predicted molar refractivity (Wildman–Crippen MR) is 53.8 cm³/mol. The number of methoxy groups -OCH3 is 1. The lowest BCUT2D eigenvalue weighted by Crippen LogP contribution is -2.17. The third kappa shape index (κ3) is 2.83. The molecule has 1 rings (SSSR count). The Labute approximate surface area is 90.6 Å². The monoisotopic (exact) mass is 232 g/mol. The molecule has 0 saturated heterocycles. The summed E-state index contributed by atoms with van der Waals surface area (Å²) in [6, 6.07) is 0. The van der Waals surface area contributed by atoms with Crippen LogP contribution in [0.4, 0.5) is 0 Å². The highest BCUT2D eigenvalue weighted by atomic mass is 32.2. The van der Waals surface area contributed by atoms with Gasteiger partial charge in [0.15, 0.2) is 5.82 Å². The Morgan fingerprint density at radius 1 is 1.73 bits per heavy atom. The van der Waals surface area contributed by atoms with Crippen LogP contribution in [0.15, 0.2) is 5.16 Å². The first-order chi connectivity index (χ1) is 7.06. The van der Waals surface area contributed by atoms with E-state index in [1.54, 1.807) is 6.92 Å². The van der Waals surface area contributed by atoms with Crippen molar-refractivity contribution in [2.24, 2.45) is 0 Å². The quantitative estimate of drug-likeness (QED) is 0.530. The normalized spacial score (nSPS) is 12.7. The van der Waals surface area contributed by atoms with Crippen LogP contribution in [-0.4, -0.2) is 38.3 Å². The SMILES string of the molecule is COCc1nnc(SC(C)C(=O)O)n1N. The molecule has 0 amide bonds. The molecule has 1 aromatic heterocycles. The van der Waals surface area contributed by atoms with Crippen molar-refractivity contribution in [2.45, 2.75) is 23.9 Å². The van der Waals surface area contributed by atoms with Gasteiger partial charge in [0.25, 0.3) is 0 Å². The Hall–Kier alpha value is -1.28. The van der Waals surface area contributed by atoms with Crippen molar-refractivity contribution in [3.63, 3.8) is 0 Å².